The van der Waals surface area contributed by atoms with Crippen LogP contribution >= 0.6 is 23.4 Å². The number of amides is 1. The molecule has 142 valence electrons. The summed E-state index contributed by atoms with van der Waals surface area (Å²) >= 11 is 7.50. The summed E-state index contributed by atoms with van der Waals surface area (Å²) in [6, 6.07) is 11.3. The van der Waals surface area contributed by atoms with Gasteiger partial charge in [0.2, 0.25) is 5.91 Å². The van der Waals surface area contributed by atoms with Crippen molar-refractivity contribution in [3.8, 4) is 0 Å². The number of nitrogens with zero attached hydrogens (tertiary/aromatic N) is 2. The zero-order valence-electron chi connectivity index (χ0n) is 15.7. The summed E-state index contributed by atoms with van der Waals surface area (Å²) in [6.45, 7) is 4.01. The molecule has 7 heteroatoms. The Morgan fingerprint density at radius 3 is 2.30 bits per heavy atom. The second kappa shape index (κ2) is 7.82. The fraction of sp³-hybridized carbons (Fsp3) is 0.300. The maximum atomic E-state index is 12.4. The highest BCUT2D eigenvalue weighted by molar-refractivity contribution is 7.99. The van der Waals surface area contributed by atoms with Crippen molar-refractivity contribution in [1.29, 1.82) is 0 Å². The van der Waals surface area contributed by atoms with E-state index in [1.54, 1.807) is 23.2 Å². The lowest BCUT2D eigenvalue weighted by atomic mass is 10.1. The molecule has 0 saturated heterocycles. The van der Waals surface area contributed by atoms with Crippen molar-refractivity contribution < 1.29 is 4.79 Å². The van der Waals surface area contributed by atoms with E-state index in [9.17, 15) is 9.59 Å². The van der Waals surface area contributed by atoms with Gasteiger partial charge in [-0.05, 0) is 42.3 Å². The molecule has 0 saturated carbocycles. The number of aryl methyl sites for hydroxylation is 2. The van der Waals surface area contributed by atoms with Crippen molar-refractivity contribution >= 4 is 46.0 Å². The second-order valence-electron chi connectivity index (χ2n) is 6.94. The molecule has 1 N–H and O–H groups in total. The van der Waals surface area contributed by atoms with Crippen LogP contribution in [0.15, 0.2) is 51.0 Å². The van der Waals surface area contributed by atoms with Crippen LogP contribution in [0.5, 0.6) is 0 Å². The molecule has 27 heavy (non-hydrogen) atoms. The van der Waals surface area contributed by atoms with Crippen LogP contribution in [0.25, 0.3) is 11.0 Å². The number of halogens is 1. The minimum absolute atomic E-state index is 0.0387. The Bertz CT molecular complexity index is 1050. The third-order valence-corrected chi connectivity index (χ3v) is 5.60. The lowest BCUT2D eigenvalue weighted by Gasteiger charge is -2.13. The maximum Gasteiger partial charge on any atom is 0.328 e. The summed E-state index contributed by atoms with van der Waals surface area (Å²) in [7, 11) is 3.48. The van der Waals surface area contributed by atoms with E-state index >= 15 is 0 Å². The van der Waals surface area contributed by atoms with Gasteiger partial charge in [-0.25, -0.2) is 4.79 Å². The van der Waals surface area contributed by atoms with Crippen LogP contribution in [0.4, 0.5) is 5.69 Å². The van der Waals surface area contributed by atoms with Gasteiger partial charge in [0.15, 0.2) is 0 Å². The first-order valence-electron chi connectivity index (χ1n) is 8.69. The standard InChI is InChI=1S/C20H22ClN3O2S/c1-12(2)9-19(25)22-15-10-16-17(24(4)20(26)23(16)3)11-18(15)27-14-7-5-13(21)6-8-14/h5-8,10-12H,9H2,1-4H3,(H,22,25). The van der Waals surface area contributed by atoms with E-state index in [0.717, 1.165) is 20.8 Å². The average Bonchev–Trinajstić information content (AvgIpc) is 2.81. The zero-order chi connectivity index (χ0) is 19.7. The van der Waals surface area contributed by atoms with Crippen LogP contribution in [0, 0.1) is 5.92 Å². The van der Waals surface area contributed by atoms with Crippen molar-refractivity contribution in [2.75, 3.05) is 5.32 Å². The maximum absolute atomic E-state index is 12.4. The molecule has 3 rings (SSSR count). The smallest absolute Gasteiger partial charge is 0.325 e. The predicted molar refractivity (Wildman–Crippen MR) is 112 cm³/mol. The van der Waals surface area contributed by atoms with Crippen LogP contribution < -0.4 is 11.0 Å². The highest BCUT2D eigenvalue weighted by atomic mass is 35.5. The molecule has 0 unspecified atom stereocenters. The molecule has 0 fully saturated rings. The molecule has 0 aliphatic carbocycles. The molecule has 2 aromatic carbocycles. The molecule has 1 heterocycles. The molecule has 1 amide bonds. The van der Waals surface area contributed by atoms with Crippen LogP contribution in [-0.4, -0.2) is 15.0 Å². The Morgan fingerprint density at radius 1 is 1.11 bits per heavy atom. The normalized spacial score (nSPS) is 11.3. The number of carbonyl (C=O) groups is 1. The molecular formula is C20H22ClN3O2S. The summed E-state index contributed by atoms with van der Waals surface area (Å²) in [5, 5.41) is 3.68. The summed E-state index contributed by atoms with van der Waals surface area (Å²) < 4.78 is 3.20. The number of benzene rings is 2. The average molecular weight is 404 g/mol. The van der Waals surface area contributed by atoms with Crippen LogP contribution in [-0.2, 0) is 18.9 Å². The first kappa shape index (κ1) is 19.6. The third kappa shape index (κ3) is 4.22. The van der Waals surface area contributed by atoms with E-state index in [0.29, 0.717) is 17.1 Å². The van der Waals surface area contributed by atoms with Crippen molar-refractivity contribution in [2.45, 2.75) is 30.1 Å². The topological polar surface area (TPSA) is 56.0 Å². The van der Waals surface area contributed by atoms with Crippen LogP contribution in [0.1, 0.15) is 20.3 Å². The van der Waals surface area contributed by atoms with E-state index in [2.05, 4.69) is 5.32 Å². The lowest BCUT2D eigenvalue weighted by molar-refractivity contribution is -0.116. The van der Waals surface area contributed by atoms with Gasteiger partial charge >= 0.3 is 5.69 Å². The van der Waals surface area contributed by atoms with Crippen molar-refractivity contribution in [3.05, 3.63) is 51.9 Å². The Morgan fingerprint density at radius 2 is 1.70 bits per heavy atom. The first-order valence-corrected chi connectivity index (χ1v) is 9.88. The van der Waals surface area contributed by atoms with Gasteiger partial charge in [0.05, 0.1) is 16.7 Å². The number of imidazole rings is 1. The van der Waals surface area contributed by atoms with Crippen molar-refractivity contribution in [3.63, 3.8) is 0 Å². The van der Waals surface area contributed by atoms with E-state index < -0.39 is 0 Å². The molecule has 5 nitrogen and oxygen atoms in total. The highest BCUT2D eigenvalue weighted by Gasteiger charge is 2.16. The monoisotopic (exact) mass is 403 g/mol. The summed E-state index contributed by atoms with van der Waals surface area (Å²) in [4.78, 5) is 26.5. The number of fused-ring (bicyclic) bond motifs is 1. The van der Waals surface area contributed by atoms with Crippen LogP contribution in [0.3, 0.4) is 0 Å². The predicted octanol–water partition coefficient (Wildman–Crippen LogP) is 4.67. The van der Waals surface area contributed by atoms with Gasteiger partial charge in [-0.15, -0.1) is 0 Å². The lowest BCUT2D eigenvalue weighted by Crippen LogP contribution is -2.19. The SMILES string of the molecule is CC(C)CC(=O)Nc1cc2c(cc1Sc1ccc(Cl)cc1)n(C)c(=O)n2C. The molecule has 0 radical (unpaired) electrons. The molecule has 1 aromatic heterocycles. The third-order valence-electron chi connectivity index (χ3n) is 4.28. The number of rotatable bonds is 5. The Labute approximate surface area is 167 Å². The first-order chi connectivity index (χ1) is 12.8. The molecule has 0 bridgehead atoms. The molecule has 0 aliphatic rings. The Hall–Kier alpha value is -2.18. The molecule has 0 spiro atoms. The number of hydrogen-bond donors (Lipinski definition) is 1. The summed E-state index contributed by atoms with van der Waals surface area (Å²) in [5.74, 6) is 0.227. The minimum atomic E-state index is -0.0990. The summed E-state index contributed by atoms with van der Waals surface area (Å²) in [6.07, 6.45) is 0.441. The summed E-state index contributed by atoms with van der Waals surface area (Å²) in [5.41, 5.74) is 2.20. The molecule has 3 aromatic rings. The fourth-order valence-corrected chi connectivity index (χ4v) is 3.95. The highest BCUT2D eigenvalue weighted by Crippen LogP contribution is 2.36. The van der Waals surface area contributed by atoms with Gasteiger partial charge in [0.25, 0.3) is 0 Å². The van der Waals surface area contributed by atoms with E-state index in [1.807, 2.05) is 50.2 Å². The van der Waals surface area contributed by atoms with Crippen molar-refractivity contribution in [2.24, 2.45) is 20.0 Å². The quantitative estimate of drug-likeness (QED) is 0.673. The number of hydrogen-bond acceptors (Lipinski definition) is 3. The van der Waals surface area contributed by atoms with Gasteiger partial charge in [-0.1, -0.05) is 37.2 Å². The van der Waals surface area contributed by atoms with Crippen molar-refractivity contribution in [1.82, 2.24) is 9.13 Å². The van der Waals surface area contributed by atoms with E-state index in [-0.39, 0.29) is 17.5 Å². The van der Waals surface area contributed by atoms with Crippen LogP contribution in [0.2, 0.25) is 5.02 Å². The largest absolute Gasteiger partial charge is 0.328 e. The fourth-order valence-electron chi connectivity index (χ4n) is 2.91. The van der Waals surface area contributed by atoms with Gasteiger partial charge < -0.3 is 5.32 Å². The number of anilines is 1. The van der Waals surface area contributed by atoms with Gasteiger partial charge in [0.1, 0.15) is 0 Å². The Kier molecular flexibility index (Phi) is 5.67. The van der Waals surface area contributed by atoms with E-state index in [4.69, 9.17) is 11.6 Å². The zero-order valence-corrected chi connectivity index (χ0v) is 17.3. The van der Waals surface area contributed by atoms with Gasteiger partial charge in [-0.2, -0.15) is 0 Å². The number of carbonyl (C=O) groups excluding carboxylic acids is 1. The number of nitrogens with one attached hydrogen (secondary N) is 1. The number of aromatic nitrogens is 2. The molecule has 0 atom stereocenters. The van der Waals surface area contributed by atoms with E-state index in [1.165, 1.54) is 11.8 Å². The minimum Gasteiger partial charge on any atom is -0.325 e. The van der Waals surface area contributed by atoms with Gasteiger partial charge in [-0.3, -0.25) is 13.9 Å². The molecule has 0 aliphatic heterocycles. The molecular weight excluding hydrogens is 382 g/mol. The van der Waals surface area contributed by atoms with Gasteiger partial charge in [0, 0.05) is 35.3 Å². The second-order valence-corrected chi connectivity index (χ2v) is 8.49. The Balaban J connectivity index is 2.08.